The van der Waals surface area contributed by atoms with E-state index in [-0.39, 0.29) is 0 Å². The third-order valence-corrected chi connectivity index (χ3v) is 0.856. The van der Waals surface area contributed by atoms with E-state index >= 15 is 0 Å². The van der Waals surface area contributed by atoms with Crippen LogP contribution in [0.25, 0.3) is 0 Å². The second kappa shape index (κ2) is 4.44. The fourth-order valence-electron chi connectivity index (χ4n) is 0.322. The van der Waals surface area contributed by atoms with Gasteiger partial charge in [-0.05, 0) is 25.6 Å². The van der Waals surface area contributed by atoms with Crippen LogP contribution in [-0.2, 0) is 0 Å². The molecule has 0 heterocycles. The van der Waals surface area contributed by atoms with E-state index in [4.69, 9.17) is 0 Å². The summed E-state index contributed by atoms with van der Waals surface area (Å²) in [7, 11) is 0. The van der Waals surface area contributed by atoms with Gasteiger partial charge in [0.2, 0.25) is 0 Å². The normalized spacial score (nSPS) is 11.0. The maximum atomic E-state index is 3.61. The van der Waals surface area contributed by atoms with E-state index < -0.39 is 0 Å². The second-order valence-corrected chi connectivity index (χ2v) is 1.65. The molecule has 8 heavy (non-hydrogen) atoms. The van der Waals surface area contributed by atoms with Crippen molar-refractivity contribution in [1.82, 2.24) is 5.32 Å². The van der Waals surface area contributed by atoms with Crippen LogP contribution in [0.3, 0.4) is 0 Å². The average molecular weight is 111 g/mol. The molecule has 0 aromatic carbocycles. The van der Waals surface area contributed by atoms with Crippen molar-refractivity contribution in [3.63, 3.8) is 0 Å². The molecule has 0 saturated heterocycles. The Labute approximate surface area is 51.1 Å². The van der Waals surface area contributed by atoms with E-state index in [9.17, 15) is 0 Å². The molecule has 1 heteroatoms. The highest BCUT2D eigenvalue weighted by Crippen LogP contribution is 1.87. The van der Waals surface area contributed by atoms with Gasteiger partial charge in [-0.1, -0.05) is 12.7 Å². The average Bonchev–Trinajstić information content (AvgIpc) is 1.83. The van der Waals surface area contributed by atoms with Gasteiger partial charge in [-0.3, -0.25) is 0 Å². The zero-order valence-electron chi connectivity index (χ0n) is 5.57. The highest BCUT2D eigenvalue weighted by Gasteiger charge is 1.73. The van der Waals surface area contributed by atoms with Crippen LogP contribution in [0.1, 0.15) is 13.8 Å². The van der Waals surface area contributed by atoms with Crippen LogP contribution in [0, 0.1) is 0 Å². The van der Waals surface area contributed by atoms with Crippen LogP contribution >= 0.6 is 0 Å². The molecule has 0 aliphatic heterocycles. The van der Waals surface area contributed by atoms with Gasteiger partial charge in [0, 0.05) is 6.54 Å². The molecule has 0 aromatic rings. The summed E-state index contributed by atoms with van der Waals surface area (Å²) in [6.07, 6.45) is 3.77. The molecule has 0 radical (unpaired) electrons. The fourth-order valence-corrected chi connectivity index (χ4v) is 0.322. The highest BCUT2D eigenvalue weighted by molar-refractivity contribution is 5.11. The summed E-state index contributed by atoms with van der Waals surface area (Å²) in [5.41, 5.74) is 1.17. The lowest BCUT2D eigenvalue weighted by atomic mass is 10.3. The summed E-state index contributed by atoms with van der Waals surface area (Å²) < 4.78 is 0. The Morgan fingerprint density at radius 3 is 2.75 bits per heavy atom. The van der Waals surface area contributed by atoms with E-state index in [1.54, 1.807) is 0 Å². The van der Waals surface area contributed by atoms with Crippen molar-refractivity contribution < 1.29 is 0 Å². The molecule has 0 fully saturated rings. The molecule has 1 N–H and O–H groups in total. The van der Waals surface area contributed by atoms with Crippen molar-refractivity contribution in [1.29, 1.82) is 0 Å². The SMILES string of the molecule is C=C/C(C)=C/NCC. The van der Waals surface area contributed by atoms with Crippen LogP contribution in [0.5, 0.6) is 0 Å². The zero-order valence-corrected chi connectivity index (χ0v) is 5.57. The molecule has 0 rings (SSSR count). The molecule has 0 bridgehead atoms. The molecule has 46 valence electrons. The van der Waals surface area contributed by atoms with Crippen molar-refractivity contribution >= 4 is 0 Å². The molecular weight excluding hydrogens is 98.1 g/mol. The summed E-state index contributed by atoms with van der Waals surface area (Å²) in [4.78, 5) is 0. The highest BCUT2D eigenvalue weighted by atomic mass is 14.8. The van der Waals surface area contributed by atoms with E-state index in [2.05, 4.69) is 18.8 Å². The summed E-state index contributed by atoms with van der Waals surface area (Å²) in [6, 6.07) is 0. The maximum Gasteiger partial charge on any atom is 0.0113 e. The molecule has 0 aliphatic rings. The summed E-state index contributed by atoms with van der Waals surface area (Å²) >= 11 is 0. The largest absolute Gasteiger partial charge is 0.391 e. The molecular formula is C7H13N. The molecule has 0 aliphatic carbocycles. The first-order chi connectivity index (χ1) is 3.81. The van der Waals surface area contributed by atoms with Crippen LogP contribution in [0.4, 0.5) is 0 Å². The van der Waals surface area contributed by atoms with Crippen molar-refractivity contribution in [3.8, 4) is 0 Å². The van der Waals surface area contributed by atoms with E-state index in [1.807, 2.05) is 19.2 Å². The van der Waals surface area contributed by atoms with E-state index in [0.29, 0.717) is 0 Å². The quantitative estimate of drug-likeness (QED) is 0.546. The van der Waals surface area contributed by atoms with Crippen molar-refractivity contribution in [3.05, 3.63) is 24.4 Å². The lowest BCUT2D eigenvalue weighted by Gasteiger charge is -1.92. The zero-order chi connectivity index (χ0) is 6.41. The van der Waals surface area contributed by atoms with Crippen LogP contribution in [0.2, 0.25) is 0 Å². The van der Waals surface area contributed by atoms with Gasteiger partial charge in [-0.25, -0.2) is 0 Å². The number of hydrogen-bond donors (Lipinski definition) is 1. The van der Waals surface area contributed by atoms with Crippen LogP contribution in [-0.4, -0.2) is 6.54 Å². The first-order valence-corrected chi connectivity index (χ1v) is 2.83. The number of hydrogen-bond acceptors (Lipinski definition) is 1. The number of nitrogens with one attached hydrogen (secondary N) is 1. The van der Waals surface area contributed by atoms with Gasteiger partial charge >= 0.3 is 0 Å². The minimum Gasteiger partial charge on any atom is -0.391 e. The Hall–Kier alpha value is -0.720. The molecule has 0 aromatic heterocycles. The lowest BCUT2D eigenvalue weighted by molar-refractivity contribution is 0.912. The van der Waals surface area contributed by atoms with Crippen molar-refractivity contribution in [2.75, 3.05) is 6.54 Å². The Morgan fingerprint density at radius 1 is 1.75 bits per heavy atom. The molecule has 0 unspecified atom stereocenters. The Balaban J connectivity index is 3.40. The second-order valence-electron chi connectivity index (χ2n) is 1.65. The molecule has 1 nitrogen and oxygen atoms in total. The number of rotatable bonds is 3. The van der Waals surface area contributed by atoms with Crippen molar-refractivity contribution in [2.45, 2.75) is 13.8 Å². The van der Waals surface area contributed by atoms with E-state index in [1.165, 1.54) is 5.57 Å². The van der Waals surface area contributed by atoms with E-state index in [0.717, 1.165) is 6.54 Å². The third kappa shape index (κ3) is 3.47. The molecule has 0 amide bonds. The molecule has 0 atom stereocenters. The van der Waals surface area contributed by atoms with Gasteiger partial charge in [-0.15, -0.1) is 0 Å². The Kier molecular flexibility index (Phi) is 4.04. The van der Waals surface area contributed by atoms with Crippen LogP contribution in [0.15, 0.2) is 24.4 Å². The summed E-state index contributed by atoms with van der Waals surface area (Å²) in [5, 5.41) is 3.07. The van der Waals surface area contributed by atoms with Gasteiger partial charge in [0.15, 0.2) is 0 Å². The lowest BCUT2D eigenvalue weighted by Crippen LogP contribution is -2.02. The predicted octanol–water partition coefficient (Wildman–Crippen LogP) is 1.69. The first kappa shape index (κ1) is 7.28. The molecule has 0 saturated carbocycles. The monoisotopic (exact) mass is 111 g/mol. The topological polar surface area (TPSA) is 12.0 Å². The predicted molar refractivity (Wildman–Crippen MR) is 37.6 cm³/mol. The minimum atomic E-state index is 0.977. The number of allylic oxidation sites excluding steroid dienone is 2. The fraction of sp³-hybridized carbons (Fsp3) is 0.429. The summed E-state index contributed by atoms with van der Waals surface area (Å²) in [5.74, 6) is 0. The van der Waals surface area contributed by atoms with Gasteiger partial charge < -0.3 is 5.32 Å². The third-order valence-electron chi connectivity index (χ3n) is 0.856. The summed E-state index contributed by atoms with van der Waals surface area (Å²) in [6.45, 7) is 8.65. The Bertz CT molecular complexity index is 92.6. The smallest absolute Gasteiger partial charge is 0.0113 e. The minimum absolute atomic E-state index is 0.977. The van der Waals surface area contributed by atoms with Crippen LogP contribution < -0.4 is 5.32 Å². The van der Waals surface area contributed by atoms with Gasteiger partial charge in [0.25, 0.3) is 0 Å². The van der Waals surface area contributed by atoms with Gasteiger partial charge in [0.1, 0.15) is 0 Å². The standard InChI is InChI=1S/C7H13N/c1-4-7(3)6-8-5-2/h4,6,8H,1,5H2,2-3H3/b7-6+. The van der Waals surface area contributed by atoms with Crippen molar-refractivity contribution in [2.24, 2.45) is 0 Å². The first-order valence-electron chi connectivity index (χ1n) is 2.83. The Morgan fingerprint density at radius 2 is 2.38 bits per heavy atom. The maximum absolute atomic E-state index is 3.61. The molecule has 0 spiro atoms. The van der Waals surface area contributed by atoms with Gasteiger partial charge in [-0.2, -0.15) is 0 Å². The van der Waals surface area contributed by atoms with Gasteiger partial charge in [0.05, 0.1) is 0 Å².